The number of ether oxygens (including phenoxy) is 1. The zero-order valence-electron chi connectivity index (χ0n) is 10.4. The van der Waals surface area contributed by atoms with Crippen LogP contribution >= 0.6 is 0 Å². The molecule has 0 aromatic rings. The van der Waals surface area contributed by atoms with Crippen LogP contribution in [-0.2, 0) is 4.74 Å². The van der Waals surface area contributed by atoms with Gasteiger partial charge in [0.15, 0.2) is 0 Å². The van der Waals surface area contributed by atoms with Crippen LogP contribution in [0.3, 0.4) is 0 Å². The van der Waals surface area contributed by atoms with Crippen molar-refractivity contribution in [1.82, 2.24) is 5.32 Å². The topological polar surface area (TPSA) is 21.3 Å². The number of hydrogen-bond donors (Lipinski definition) is 1. The van der Waals surface area contributed by atoms with Crippen molar-refractivity contribution in [2.45, 2.75) is 51.2 Å². The molecule has 2 atom stereocenters. The molecular weight excluding hydrogens is 231 g/mol. The van der Waals surface area contributed by atoms with Gasteiger partial charge in [0, 0.05) is 19.1 Å². The average Bonchev–Trinajstić information content (AvgIpc) is 2.29. The number of rotatable bonds is 6. The third-order valence-electron chi connectivity index (χ3n) is 3.16. The zero-order valence-corrected chi connectivity index (χ0v) is 10.4. The van der Waals surface area contributed by atoms with Gasteiger partial charge < -0.3 is 10.1 Å². The van der Waals surface area contributed by atoms with Crippen molar-refractivity contribution in [2.24, 2.45) is 5.92 Å². The Morgan fingerprint density at radius 1 is 1.41 bits per heavy atom. The first-order chi connectivity index (χ1) is 8.03. The van der Waals surface area contributed by atoms with Gasteiger partial charge in [0.1, 0.15) is 0 Å². The van der Waals surface area contributed by atoms with Crippen molar-refractivity contribution in [1.29, 1.82) is 0 Å². The van der Waals surface area contributed by atoms with Crippen molar-refractivity contribution in [2.75, 3.05) is 19.8 Å². The number of alkyl halides is 3. The van der Waals surface area contributed by atoms with Gasteiger partial charge in [-0.3, -0.25) is 0 Å². The van der Waals surface area contributed by atoms with Crippen LogP contribution in [0.5, 0.6) is 0 Å². The highest BCUT2D eigenvalue weighted by Gasteiger charge is 2.31. The largest absolute Gasteiger partial charge is 0.389 e. The van der Waals surface area contributed by atoms with E-state index in [0.717, 1.165) is 32.4 Å². The first-order valence-corrected chi connectivity index (χ1v) is 6.41. The molecule has 17 heavy (non-hydrogen) atoms. The Hall–Kier alpha value is -0.290. The Labute approximate surface area is 101 Å². The maximum atomic E-state index is 12.2. The molecule has 2 nitrogen and oxygen atoms in total. The third kappa shape index (κ3) is 6.27. The first kappa shape index (κ1) is 14.8. The molecule has 0 spiro atoms. The summed E-state index contributed by atoms with van der Waals surface area (Å²) in [5, 5.41) is 3.23. The van der Waals surface area contributed by atoms with Gasteiger partial charge in [-0.1, -0.05) is 6.92 Å². The molecule has 2 unspecified atom stereocenters. The normalized spacial score (nSPS) is 23.6. The Morgan fingerprint density at radius 3 is 2.71 bits per heavy atom. The number of hydrogen-bond acceptors (Lipinski definition) is 2. The molecule has 1 fully saturated rings. The fourth-order valence-electron chi connectivity index (χ4n) is 2.24. The molecule has 0 aromatic carbocycles. The average molecular weight is 253 g/mol. The minimum atomic E-state index is -4.05. The summed E-state index contributed by atoms with van der Waals surface area (Å²) in [6.07, 6.45) is -1.72. The summed E-state index contributed by atoms with van der Waals surface area (Å²) in [6.45, 7) is 4.14. The van der Waals surface area contributed by atoms with Crippen LogP contribution in [0.1, 0.15) is 39.0 Å². The molecular formula is C12H22F3NO. The SMILES string of the molecule is CCCNC(CCC(F)(F)F)C1CCCOC1. The molecule has 0 aliphatic carbocycles. The van der Waals surface area contributed by atoms with E-state index < -0.39 is 12.6 Å². The molecule has 1 saturated heterocycles. The van der Waals surface area contributed by atoms with E-state index >= 15 is 0 Å². The Morgan fingerprint density at radius 2 is 2.18 bits per heavy atom. The molecule has 102 valence electrons. The van der Waals surface area contributed by atoms with Crippen molar-refractivity contribution in [3.63, 3.8) is 0 Å². The molecule has 0 bridgehead atoms. The highest BCUT2D eigenvalue weighted by atomic mass is 19.4. The zero-order chi connectivity index (χ0) is 12.7. The summed E-state index contributed by atoms with van der Waals surface area (Å²) in [6, 6.07) is -0.0584. The Kier molecular flexibility index (Phi) is 6.27. The minimum Gasteiger partial charge on any atom is -0.381 e. The summed E-state index contributed by atoms with van der Waals surface area (Å²) in [5.41, 5.74) is 0. The van der Waals surface area contributed by atoms with Crippen LogP contribution in [0.4, 0.5) is 13.2 Å². The number of halogens is 3. The molecule has 1 heterocycles. The molecule has 1 N–H and O–H groups in total. The Bertz CT molecular complexity index is 202. The van der Waals surface area contributed by atoms with Crippen molar-refractivity contribution in [3.05, 3.63) is 0 Å². The predicted octanol–water partition coefficient (Wildman–Crippen LogP) is 3.12. The maximum absolute atomic E-state index is 12.2. The quantitative estimate of drug-likeness (QED) is 0.785. The van der Waals surface area contributed by atoms with Gasteiger partial charge >= 0.3 is 6.18 Å². The van der Waals surface area contributed by atoms with E-state index in [0.29, 0.717) is 6.61 Å². The van der Waals surface area contributed by atoms with Crippen LogP contribution in [-0.4, -0.2) is 32.0 Å². The summed E-state index contributed by atoms with van der Waals surface area (Å²) in [5.74, 6) is 0.234. The van der Waals surface area contributed by atoms with Crippen molar-refractivity contribution >= 4 is 0 Å². The Balaban J connectivity index is 2.40. The van der Waals surface area contributed by atoms with Crippen LogP contribution in [0.15, 0.2) is 0 Å². The lowest BCUT2D eigenvalue weighted by Crippen LogP contribution is -2.41. The van der Waals surface area contributed by atoms with Gasteiger partial charge in [0.05, 0.1) is 6.61 Å². The smallest absolute Gasteiger partial charge is 0.381 e. The van der Waals surface area contributed by atoms with Crippen molar-refractivity contribution < 1.29 is 17.9 Å². The van der Waals surface area contributed by atoms with Gasteiger partial charge in [0.25, 0.3) is 0 Å². The number of nitrogens with one attached hydrogen (secondary N) is 1. The van der Waals surface area contributed by atoms with E-state index in [9.17, 15) is 13.2 Å². The minimum absolute atomic E-state index is 0.0584. The second-order valence-electron chi connectivity index (χ2n) is 4.69. The van der Waals surface area contributed by atoms with Crippen LogP contribution in [0.2, 0.25) is 0 Å². The first-order valence-electron chi connectivity index (χ1n) is 6.41. The van der Waals surface area contributed by atoms with Gasteiger partial charge in [-0.05, 0) is 38.1 Å². The highest BCUT2D eigenvalue weighted by molar-refractivity contribution is 4.79. The van der Waals surface area contributed by atoms with E-state index in [-0.39, 0.29) is 18.4 Å². The van der Waals surface area contributed by atoms with E-state index in [2.05, 4.69) is 5.32 Å². The molecule has 1 rings (SSSR count). The highest BCUT2D eigenvalue weighted by Crippen LogP contribution is 2.26. The monoisotopic (exact) mass is 253 g/mol. The lowest BCUT2D eigenvalue weighted by molar-refractivity contribution is -0.138. The molecule has 1 aliphatic rings. The van der Waals surface area contributed by atoms with Gasteiger partial charge in [-0.2, -0.15) is 13.2 Å². The van der Waals surface area contributed by atoms with Crippen molar-refractivity contribution in [3.8, 4) is 0 Å². The summed E-state index contributed by atoms with van der Waals surface area (Å²) in [7, 11) is 0. The van der Waals surface area contributed by atoms with Gasteiger partial charge in [-0.25, -0.2) is 0 Å². The molecule has 0 amide bonds. The standard InChI is InChI=1S/C12H22F3NO/c1-2-7-16-11(5-6-12(13,14)15)10-4-3-8-17-9-10/h10-11,16H,2-9H2,1H3. The van der Waals surface area contributed by atoms with E-state index in [1.807, 2.05) is 6.92 Å². The molecule has 5 heteroatoms. The van der Waals surface area contributed by atoms with Crippen LogP contribution in [0.25, 0.3) is 0 Å². The fourth-order valence-corrected chi connectivity index (χ4v) is 2.24. The van der Waals surface area contributed by atoms with Gasteiger partial charge in [-0.15, -0.1) is 0 Å². The van der Waals surface area contributed by atoms with E-state index in [4.69, 9.17) is 4.74 Å². The maximum Gasteiger partial charge on any atom is 0.389 e. The molecule has 0 radical (unpaired) electrons. The van der Waals surface area contributed by atoms with E-state index in [1.54, 1.807) is 0 Å². The summed E-state index contributed by atoms with van der Waals surface area (Å²) >= 11 is 0. The second kappa shape index (κ2) is 7.21. The summed E-state index contributed by atoms with van der Waals surface area (Å²) < 4.78 is 42.1. The lowest BCUT2D eigenvalue weighted by atomic mass is 9.90. The van der Waals surface area contributed by atoms with Crippen LogP contribution < -0.4 is 5.32 Å². The van der Waals surface area contributed by atoms with Gasteiger partial charge in [0.2, 0.25) is 0 Å². The lowest BCUT2D eigenvalue weighted by Gasteiger charge is -2.31. The fraction of sp³-hybridized carbons (Fsp3) is 1.00. The predicted molar refractivity (Wildman–Crippen MR) is 60.9 cm³/mol. The summed E-state index contributed by atoms with van der Waals surface area (Å²) in [4.78, 5) is 0. The van der Waals surface area contributed by atoms with E-state index in [1.165, 1.54) is 0 Å². The second-order valence-corrected chi connectivity index (χ2v) is 4.69. The molecule has 0 aromatic heterocycles. The molecule has 1 aliphatic heterocycles. The third-order valence-corrected chi connectivity index (χ3v) is 3.16. The molecule has 0 saturated carbocycles. The van der Waals surface area contributed by atoms with Crippen LogP contribution in [0, 0.1) is 5.92 Å².